The molecule has 3 nitrogen and oxygen atoms in total. The van der Waals surface area contributed by atoms with Crippen molar-refractivity contribution in [3.63, 3.8) is 0 Å². The number of rotatable bonds is 5. The van der Waals surface area contributed by atoms with Crippen molar-refractivity contribution in [1.29, 1.82) is 0 Å². The molecule has 1 atom stereocenters. The second-order valence-electron chi connectivity index (χ2n) is 9.40. The molecule has 4 fully saturated rings. The molecule has 1 aromatic carbocycles. The lowest BCUT2D eigenvalue weighted by molar-refractivity contribution is -0.125. The van der Waals surface area contributed by atoms with Crippen LogP contribution in [-0.2, 0) is 11.2 Å². The number of hydrogen-bond acceptors (Lipinski definition) is 3. The molecule has 1 unspecified atom stereocenters. The highest BCUT2D eigenvalue weighted by atomic mass is 32.1. The SMILES string of the molecule is CC(NC(=O)Cc1csc(-c2cccc(F)c2)n1)C12CC3CC(CC(C3)C1)C2. The van der Waals surface area contributed by atoms with Crippen molar-refractivity contribution in [2.24, 2.45) is 23.2 Å². The lowest BCUT2D eigenvalue weighted by Gasteiger charge is -2.59. The average molecular weight is 399 g/mol. The Morgan fingerprint density at radius 2 is 1.93 bits per heavy atom. The first kappa shape index (κ1) is 18.3. The van der Waals surface area contributed by atoms with Gasteiger partial charge in [0.15, 0.2) is 0 Å². The molecule has 4 bridgehead atoms. The largest absolute Gasteiger partial charge is 0.353 e. The van der Waals surface area contributed by atoms with Gasteiger partial charge in [-0.15, -0.1) is 11.3 Å². The molecule has 0 radical (unpaired) electrons. The van der Waals surface area contributed by atoms with Crippen LogP contribution in [0.4, 0.5) is 4.39 Å². The number of amides is 1. The molecule has 4 aliphatic rings. The van der Waals surface area contributed by atoms with E-state index in [1.54, 1.807) is 6.07 Å². The number of hydrogen-bond donors (Lipinski definition) is 1. The van der Waals surface area contributed by atoms with E-state index in [9.17, 15) is 9.18 Å². The molecule has 1 amide bonds. The van der Waals surface area contributed by atoms with Gasteiger partial charge in [-0.25, -0.2) is 9.37 Å². The molecule has 148 valence electrons. The van der Waals surface area contributed by atoms with Gasteiger partial charge in [0.1, 0.15) is 10.8 Å². The molecule has 1 aromatic heterocycles. The van der Waals surface area contributed by atoms with Crippen LogP contribution in [0.15, 0.2) is 29.6 Å². The summed E-state index contributed by atoms with van der Waals surface area (Å²) in [6.07, 6.45) is 8.43. The minimum absolute atomic E-state index is 0.0549. The zero-order valence-electron chi connectivity index (χ0n) is 16.3. The fraction of sp³-hybridized carbons (Fsp3) is 0.565. The van der Waals surface area contributed by atoms with Crippen LogP contribution in [0.5, 0.6) is 0 Å². The smallest absolute Gasteiger partial charge is 0.226 e. The lowest BCUT2D eigenvalue weighted by atomic mass is 9.48. The maximum absolute atomic E-state index is 13.4. The molecule has 0 spiro atoms. The van der Waals surface area contributed by atoms with Crippen LogP contribution in [0, 0.1) is 29.0 Å². The number of carbonyl (C=O) groups is 1. The molecular weight excluding hydrogens is 371 g/mol. The molecule has 4 aliphatic carbocycles. The second kappa shape index (κ2) is 6.94. The summed E-state index contributed by atoms with van der Waals surface area (Å²) in [6.45, 7) is 2.21. The van der Waals surface area contributed by atoms with E-state index in [-0.39, 0.29) is 17.8 Å². The van der Waals surface area contributed by atoms with Gasteiger partial charge in [0, 0.05) is 17.0 Å². The number of nitrogens with zero attached hydrogens (tertiary/aromatic N) is 1. The van der Waals surface area contributed by atoms with E-state index in [2.05, 4.69) is 17.2 Å². The van der Waals surface area contributed by atoms with Crippen molar-refractivity contribution in [3.05, 3.63) is 41.2 Å². The van der Waals surface area contributed by atoms with Gasteiger partial charge in [0.05, 0.1) is 12.1 Å². The van der Waals surface area contributed by atoms with Gasteiger partial charge in [-0.05, 0) is 80.8 Å². The molecule has 1 heterocycles. The first-order chi connectivity index (χ1) is 13.5. The standard InChI is InChI=1S/C23H27FN2OS/c1-14(23-10-15-5-16(11-23)7-17(6-15)12-23)25-21(27)9-20-13-28-22(26-20)18-3-2-4-19(24)8-18/h2-4,8,13-17H,5-7,9-12H2,1H3,(H,25,27). The van der Waals surface area contributed by atoms with Crippen LogP contribution in [-0.4, -0.2) is 16.9 Å². The highest BCUT2D eigenvalue weighted by Crippen LogP contribution is 2.61. The third-order valence-corrected chi connectivity index (χ3v) is 8.29. The Labute approximate surface area is 169 Å². The zero-order valence-corrected chi connectivity index (χ0v) is 17.1. The third-order valence-electron chi connectivity index (χ3n) is 7.35. The second-order valence-corrected chi connectivity index (χ2v) is 10.3. The maximum atomic E-state index is 13.4. The molecule has 5 heteroatoms. The van der Waals surface area contributed by atoms with Crippen molar-refractivity contribution >= 4 is 17.2 Å². The number of aromatic nitrogens is 1. The first-order valence-corrected chi connectivity index (χ1v) is 11.4. The van der Waals surface area contributed by atoms with Crippen molar-refractivity contribution in [2.45, 2.75) is 57.9 Å². The Hall–Kier alpha value is -1.75. The Kier molecular flexibility index (Phi) is 4.53. The highest BCUT2D eigenvalue weighted by Gasteiger charge is 2.53. The Morgan fingerprint density at radius 1 is 1.25 bits per heavy atom. The average Bonchev–Trinajstić information content (AvgIpc) is 3.09. The number of nitrogens with one attached hydrogen (secondary N) is 1. The molecular formula is C23H27FN2OS. The molecule has 4 saturated carbocycles. The summed E-state index contributed by atoms with van der Waals surface area (Å²) in [5, 5.41) is 5.98. The predicted molar refractivity (Wildman–Crippen MR) is 109 cm³/mol. The van der Waals surface area contributed by atoms with E-state index in [0.29, 0.717) is 11.8 Å². The summed E-state index contributed by atoms with van der Waals surface area (Å²) in [6, 6.07) is 6.68. The van der Waals surface area contributed by atoms with Crippen LogP contribution in [0.25, 0.3) is 10.6 Å². The molecule has 28 heavy (non-hydrogen) atoms. The topological polar surface area (TPSA) is 42.0 Å². The van der Waals surface area contributed by atoms with Crippen molar-refractivity contribution in [2.75, 3.05) is 0 Å². The van der Waals surface area contributed by atoms with E-state index >= 15 is 0 Å². The van der Waals surface area contributed by atoms with Crippen LogP contribution >= 0.6 is 11.3 Å². The summed E-state index contributed by atoms with van der Waals surface area (Å²) in [5.74, 6) is 2.45. The van der Waals surface area contributed by atoms with Crippen molar-refractivity contribution in [1.82, 2.24) is 10.3 Å². The van der Waals surface area contributed by atoms with Gasteiger partial charge in [-0.2, -0.15) is 0 Å². The van der Waals surface area contributed by atoms with Gasteiger partial charge in [-0.1, -0.05) is 12.1 Å². The van der Waals surface area contributed by atoms with Gasteiger partial charge in [0.2, 0.25) is 5.91 Å². The highest BCUT2D eigenvalue weighted by molar-refractivity contribution is 7.13. The summed E-state index contributed by atoms with van der Waals surface area (Å²) < 4.78 is 13.4. The van der Waals surface area contributed by atoms with E-state index in [4.69, 9.17) is 0 Å². The number of thiazole rings is 1. The number of benzene rings is 1. The quantitative estimate of drug-likeness (QED) is 0.751. The van der Waals surface area contributed by atoms with Crippen LogP contribution in [0.1, 0.15) is 51.1 Å². The van der Waals surface area contributed by atoms with E-state index in [1.807, 2.05) is 11.4 Å². The minimum atomic E-state index is -0.267. The van der Waals surface area contributed by atoms with Crippen molar-refractivity contribution in [3.8, 4) is 10.6 Å². The fourth-order valence-electron chi connectivity index (χ4n) is 6.46. The first-order valence-electron chi connectivity index (χ1n) is 10.5. The fourth-order valence-corrected chi connectivity index (χ4v) is 7.28. The van der Waals surface area contributed by atoms with Gasteiger partial charge < -0.3 is 5.32 Å². The molecule has 6 rings (SSSR count). The van der Waals surface area contributed by atoms with E-state index in [0.717, 1.165) is 34.0 Å². The maximum Gasteiger partial charge on any atom is 0.226 e. The number of carbonyl (C=O) groups excluding carboxylic acids is 1. The van der Waals surface area contributed by atoms with Crippen LogP contribution in [0.2, 0.25) is 0 Å². The molecule has 1 N–H and O–H groups in total. The molecule has 2 aromatic rings. The monoisotopic (exact) mass is 398 g/mol. The predicted octanol–water partition coefficient (Wildman–Crippen LogP) is 5.21. The van der Waals surface area contributed by atoms with Crippen LogP contribution in [0.3, 0.4) is 0 Å². The molecule has 0 saturated heterocycles. The van der Waals surface area contributed by atoms with Gasteiger partial charge >= 0.3 is 0 Å². The van der Waals surface area contributed by atoms with Crippen molar-refractivity contribution < 1.29 is 9.18 Å². The normalized spacial score (nSPS) is 31.7. The van der Waals surface area contributed by atoms with Crippen LogP contribution < -0.4 is 5.32 Å². The Bertz CT molecular complexity index is 857. The van der Waals surface area contributed by atoms with E-state index < -0.39 is 0 Å². The Balaban J connectivity index is 1.23. The summed E-state index contributed by atoms with van der Waals surface area (Å²) >= 11 is 1.46. The number of halogens is 1. The minimum Gasteiger partial charge on any atom is -0.353 e. The van der Waals surface area contributed by atoms with E-state index in [1.165, 1.54) is 62.0 Å². The summed E-state index contributed by atoms with van der Waals surface area (Å²) in [7, 11) is 0. The van der Waals surface area contributed by atoms with Gasteiger partial charge in [-0.3, -0.25) is 4.79 Å². The zero-order chi connectivity index (χ0) is 19.3. The Morgan fingerprint density at radius 3 is 2.57 bits per heavy atom. The van der Waals surface area contributed by atoms with Gasteiger partial charge in [0.25, 0.3) is 0 Å². The third kappa shape index (κ3) is 3.38. The summed E-state index contributed by atoms with van der Waals surface area (Å²) in [4.78, 5) is 17.3. The summed E-state index contributed by atoms with van der Waals surface area (Å²) in [5.41, 5.74) is 1.84. The molecule has 0 aliphatic heterocycles. The lowest BCUT2D eigenvalue weighted by Crippen LogP contribution is -2.56.